The van der Waals surface area contributed by atoms with Crippen LogP contribution in [0, 0.1) is 0 Å². The van der Waals surface area contributed by atoms with Crippen LogP contribution in [0.2, 0.25) is 0 Å². The van der Waals surface area contributed by atoms with Gasteiger partial charge in [-0.05, 0) is 12.8 Å². The molecule has 0 N–H and O–H groups in total. The van der Waals surface area contributed by atoms with Crippen LogP contribution < -0.4 is 0 Å². The number of nitrogens with zero attached hydrogens (tertiary/aromatic N) is 1. The summed E-state index contributed by atoms with van der Waals surface area (Å²) >= 11 is 1.60. The van der Waals surface area contributed by atoms with Crippen molar-refractivity contribution in [1.82, 2.24) is 4.98 Å². The van der Waals surface area contributed by atoms with Crippen LogP contribution in [0.25, 0.3) is 0 Å². The number of carbonyl (C=O) groups excluding carboxylic acids is 1. The van der Waals surface area contributed by atoms with E-state index in [2.05, 4.69) is 11.9 Å². The van der Waals surface area contributed by atoms with Gasteiger partial charge in [0.05, 0.1) is 12.1 Å². The zero-order valence-electron chi connectivity index (χ0n) is 8.17. The van der Waals surface area contributed by atoms with E-state index in [0.29, 0.717) is 18.6 Å². The molecule has 0 atom stereocenters. The molecule has 0 saturated carbocycles. The van der Waals surface area contributed by atoms with Crippen molar-refractivity contribution >= 4 is 17.1 Å². The summed E-state index contributed by atoms with van der Waals surface area (Å²) in [5, 5.41) is 3.00. The number of hydrogen-bond donors (Lipinski definition) is 0. The van der Waals surface area contributed by atoms with E-state index in [1.165, 1.54) is 0 Å². The van der Waals surface area contributed by atoms with Gasteiger partial charge in [-0.25, -0.2) is 4.98 Å². The molecule has 1 aromatic heterocycles. The summed E-state index contributed by atoms with van der Waals surface area (Å²) < 4.78 is 0. The lowest BCUT2D eigenvalue weighted by Gasteiger charge is -1.93. The van der Waals surface area contributed by atoms with E-state index in [1.54, 1.807) is 11.3 Å². The summed E-state index contributed by atoms with van der Waals surface area (Å²) in [6.07, 6.45) is 3.10. The van der Waals surface area contributed by atoms with Gasteiger partial charge < -0.3 is 0 Å². The minimum atomic E-state index is 0.305. The molecule has 3 heteroatoms. The summed E-state index contributed by atoms with van der Waals surface area (Å²) in [4.78, 5) is 15.6. The molecule has 0 radical (unpaired) electrons. The molecule has 0 amide bonds. The van der Waals surface area contributed by atoms with Crippen molar-refractivity contribution in [3.05, 3.63) is 16.1 Å². The molecule has 1 aromatic rings. The van der Waals surface area contributed by atoms with Gasteiger partial charge in [-0.15, -0.1) is 11.3 Å². The first kappa shape index (κ1) is 10.4. The van der Waals surface area contributed by atoms with Gasteiger partial charge in [-0.1, -0.05) is 13.8 Å². The highest BCUT2D eigenvalue weighted by Gasteiger charge is 2.05. The van der Waals surface area contributed by atoms with Gasteiger partial charge in [-0.3, -0.25) is 4.79 Å². The van der Waals surface area contributed by atoms with Gasteiger partial charge in [-0.2, -0.15) is 0 Å². The van der Waals surface area contributed by atoms with E-state index in [9.17, 15) is 4.79 Å². The normalized spacial score (nSPS) is 10.3. The number of Topliss-reactive ketones (excluding diaryl/α,β-unsaturated/α-hetero) is 1. The topological polar surface area (TPSA) is 30.0 Å². The molecule has 72 valence electrons. The second-order valence-corrected chi connectivity index (χ2v) is 3.99. The van der Waals surface area contributed by atoms with Crippen LogP contribution in [-0.2, 0) is 17.6 Å². The van der Waals surface area contributed by atoms with Crippen LogP contribution in [0.4, 0.5) is 0 Å². The van der Waals surface area contributed by atoms with Crippen LogP contribution in [0.5, 0.6) is 0 Å². The lowest BCUT2D eigenvalue weighted by molar-refractivity contribution is -0.118. The Bertz CT molecular complexity index is 280. The quantitative estimate of drug-likeness (QED) is 0.726. The number of thiazole rings is 1. The minimum absolute atomic E-state index is 0.305. The monoisotopic (exact) mass is 197 g/mol. The Morgan fingerprint density at radius 1 is 1.54 bits per heavy atom. The van der Waals surface area contributed by atoms with Crippen molar-refractivity contribution in [3.8, 4) is 0 Å². The first-order chi connectivity index (χ1) is 6.26. The fourth-order valence-electron chi connectivity index (χ4n) is 1.13. The molecule has 0 aromatic carbocycles. The largest absolute Gasteiger partial charge is 0.299 e. The summed E-state index contributed by atoms with van der Waals surface area (Å²) in [7, 11) is 0. The Kier molecular flexibility index (Phi) is 4.09. The molecule has 2 nitrogen and oxygen atoms in total. The van der Waals surface area contributed by atoms with E-state index in [1.807, 2.05) is 12.3 Å². The van der Waals surface area contributed by atoms with Crippen molar-refractivity contribution in [2.24, 2.45) is 0 Å². The van der Waals surface area contributed by atoms with Crippen LogP contribution >= 0.6 is 11.3 Å². The highest BCUT2D eigenvalue weighted by molar-refractivity contribution is 7.09. The maximum absolute atomic E-state index is 11.3. The molecular formula is C10H15NOS. The predicted molar refractivity (Wildman–Crippen MR) is 55.1 cm³/mol. The molecule has 0 aliphatic heterocycles. The Morgan fingerprint density at radius 2 is 2.31 bits per heavy atom. The third kappa shape index (κ3) is 3.27. The lowest BCUT2D eigenvalue weighted by Crippen LogP contribution is -2.01. The number of hydrogen-bond acceptors (Lipinski definition) is 3. The fourth-order valence-corrected chi connectivity index (χ4v) is 2.03. The van der Waals surface area contributed by atoms with Crippen molar-refractivity contribution in [3.63, 3.8) is 0 Å². The Morgan fingerprint density at radius 3 is 2.85 bits per heavy atom. The van der Waals surface area contributed by atoms with Crippen molar-refractivity contribution < 1.29 is 4.79 Å². The van der Waals surface area contributed by atoms with Gasteiger partial charge in [0, 0.05) is 11.8 Å². The minimum Gasteiger partial charge on any atom is -0.299 e. The highest BCUT2D eigenvalue weighted by Crippen LogP contribution is 2.11. The average molecular weight is 197 g/mol. The average Bonchev–Trinajstić information content (AvgIpc) is 2.52. The Labute approximate surface area is 83.0 Å². The number of rotatable bonds is 5. The highest BCUT2D eigenvalue weighted by atomic mass is 32.1. The molecule has 0 aliphatic rings. The molecule has 13 heavy (non-hydrogen) atoms. The maximum atomic E-state index is 11.3. The SMILES string of the molecule is CCCC(=O)Cc1nc(CC)cs1. The second-order valence-electron chi connectivity index (χ2n) is 3.05. The zero-order chi connectivity index (χ0) is 9.68. The number of carbonyl (C=O) groups is 1. The molecule has 1 rings (SSSR count). The van der Waals surface area contributed by atoms with Gasteiger partial charge >= 0.3 is 0 Å². The number of ketones is 1. The molecule has 0 spiro atoms. The lowest BCUT2D eigenvalue weighted by atomic mass is 10.2. The fraction of sp³-hybridized carbons (Fsp3) is 0.600. The number of aryl methyl sites for hydroxylation is 1. The van der Waals surface area contributed by atoms with E-state index in [0.717, 1.165) is 23.5 Å². The molecular weight excluding hydrogens is 182 g/mol. The molecule has 0 aliphatic carbocycles. The standard InChI is InChI=1S/C10H15NOS/c1-3-5-9(12)6-10-11-8(4-2)7-13-10/h7H,3-6H2,1-2H3. The van der Waals surface area contributed by atoms with Crippen LogP contribution in [0.3, 0.4) is 0 Å². The van der Waals surface area contributed by atoms with Gasteiger partial charge in [0.2, 0.25) is 0 Å². The summed E-state index contributed by atoms with van der Waals surface area (Å²) in [5.41, 5.74) is 1.10. The summed E-state index contributed by atoms with van der Waals surface area (Å²) in [6, 6.07) is 0. The summed E-state index contributed by atoms with van der Waals surface area (Å²) in [5.74, 6) is 0.305. The Balaban J connectivity index is 2.49. The molecule has 1 heterocycles. The van der Waals surface area contributed by atoms with E-state index >= 15 is 0 Å². The van der Waals surface area contributed by atoms with E-state index in [4.69, 9.17) is 0 Å². The van der Waals surface area contributed by atoms with E-state index in [-0.39, 0.29) is 0 Å². The third-order valence-electron chi connectivity index (χ3n) is 1.84. The van der Waals surface area contributed by atoms with E-state index < -0.39 is 0 Å². The maximum Gasteiger partial charge on any atom is 0.139 e. The first-order valence-corrected chi connectivity index (χ1v) is 5.59. The molecule has 0 bridgehead atoms. The van der Waals surface area contributed by atoms with Crippen LogP contribution in [-0.4, -0.2) is 10.8 Å². The zero-order valence-corrected chi connectivity index (χ0v) is 8.99. The molecule has 0 unspecified atom stereocenters. The third-order valence-corrected chi connectivity index (χ3v) is 2.74. The van der Waals surface area contributed by atoms with Gasteiger partial charge in [0.25, 0.3) is 0 Å². The van der Waals surface area contributed by atoms with Crippen LogP contribution in [0.1, 0.15) is 37.4 Å². The van der Waals surface area contributed by atoms with Crippen molar-refractivity contribution in [1.29, 1.82) is 0 Å². The smallest absolute Gasteiger partial charge is 0.139 e. The van der Waals surface area contributed by atoms with Crippen LogP contribution in [0.15, 0.2) is 5.38 Å². The van der Waals surface area contributed by atoms with Crippen molar-refractivity contribution in [2.75, 3.05) is 0 Å². The van der Waals surface area contributed by atoms with Gasteiger partial charge in [0.1, 0.15) is 10.8 Å². The van der Waals surface area contributed by atoms with Gasteiger partial charge in [0.15, 0.2) is 0 Å². The molecule has 0 fully saturated rings. The predicted octanol–water partition coefficient (Wildman–Crippen LogP) is 2.62. The Hall–Kier alpha value is -0.700. The molecule has 0 saturated heterocycles. The second kappa shape index (κ2) is 5.12. The summed E-state index contributed by atoms with van der Waals surface area (Å²) in [6.45, 7) is 4.10. The first-order valence-electron chi connectivity index (χ1n) is 4.71. The van der Waals surface area contributed by atoms with Crippen molar-refractivity contribution in [2.45, 2.75) is 39.5 Å². The number of aromatic nitrogens is 1.